The summed E-state index contributed by atoms with van der Waals surface area (Å²) in [4.78, 5) is 4.45. The van der Waals surface area contributed by atoms with Crippen molar-refractivity contribution in [1.29, 1.82) is 0 Å². The summed E-state index contributed by atoms with van der Waals surface area (Å²) in [5.74, 6) is 0.906. The van der Waals surface area contributed by atoms with Crippen LogP contribution in [0.25, 0.3) is 0 Å². The molecule has 0 fully saturated rings. The average Bonchev–Trinajstić information content (AvgIpc) is 2.22. The molecule has 0 aliphatic heterocycles. The summed E-state index contributed by atoms with van der Waals surface area (Å²) in [6.07, 6.45) is 2.24. The molecule has 1 heterocycles. The Hall–Kier alpha value is -1.09. The Morgan fingerprint density at radius 1 is 1.40 bits per heavy atom. The van der Waals surface area contributed by atoms with Gasteiger partial charge >= 0.3 is 0 Å². The van der Waals surface area contributed by atoms with Gasteiger partial charge in [-0.25, -0.2) is 0 Å². The summed E-state index contributed by atoms with van der Waals surface area (Å²) in [5.41, 5.74) is 2.02. The van der Waals surface area contributed by atoms with Crippen molar-refractivity contribution in [1.82, 2.24) is 10.3 Å². The van der Waals surface area contributed by atoms with Crippen molar-refractivity contribution in [2.45, 2.75) is 33.2 Å². The maximum absolute atomic E-state index is 5.68. The van der Waals surface area contributed by atoms with Crippen LogP contribution in [0.5, 0.6) is 5.75 Å². The molecule has 0 radical (unpaired) electrons. The van der Waals surface area contributed by atoms with Crippen molar-refractivity contribution in [2.75, 3.05) is 13.7 Å². The van der Waals surface area contributed by atoms with Gasteiger partial charge in [-0.15, -0.1) is 0 Å². The van der Waals surface area contributed by atoms with Crippen LogP contribution in [0.3, 0.4) is 0 Å². The number of unbranched alkanes of at least 4 members (excludes halogenated alkanes) is 1. The van der Waals surface area contributed by atoms with Crippen LogP contribution >= 0.6 is 0 Å². The molecule has 3 nitrogen and oxygen atoms in total. The Morgan fingerprint density at radius 3 is 2.87 bits per heavy atom. The molecule has 0 spiro atoms. The molecule has 0 aromatic carbocycles. The molecule has 0 unspecified atom stereocenters. The first-order chi connectivity index (χ1) is 7.27. The van der Waals surface area contributed by atoms with E-state index < -0.39 is 0 Å². The fourth-order valence-corrected chi connectivity index (χ4v) is 1.35. The highest BCUT2D eigenvalue weighted by molar-refractivity contribution is 5.29. The van der Waals surface area contributed by atoms with Gasteiger partial charge in [0.1, 0.15) is 5.75 Å². The third-order valence-electron chi connectivity index (χ3n) is 2.17. The Kier molecular flexibility index (Phi) is 5.12. The number of rotatable bonds is 6. The summed E-state index contributed by atoms with van der Waals surface area (Å²) in [6.45, 7) is 5.68. The molecule has 84 valence electrons. The minimum Gasteiger partial charge on any atom is -0.492 e. The van der Waals surface area contributed by atoms with E-state index in [9.17, 15) is 0 Å². The fourth-order valence-electron chi connectivity index (χ4n) is 1.35. The molecular weight excluding hydrogens is 188 g/mol. The van der Waals surface area contributed by atoms with Crippen LogP contribution in [0.2, 0.25) is 0 Å². The lowest BCUT2D eigenvalue weighted by molar-refractivity contribution is 0.304. The van der Waals surface area contributed by atoms with Crippen molar-refractivity contribution in [3.05, 3.63) is 23.5 Å². The van der Waals surface area contributed by atoms with Crippen molar-refractivity contribution >= 4 is 0 Å². The van der Waals surface area contributed by atoms with Crippen molar-refractivity contribution in [2.24, 2.45) is 0 Å². The number of aromatic nitrogens is 1. The van der Waals surface area contributed by atoms with Gasteiger partial charge in [-0.3, -0.25) is 4.98 Å². The lowest BCUT2D eigenvalue weighted by Gasteiger charge is -2.10. The molecule has 0 bridgehead atoms. The maximum atomic E-state index is 5.68. The number of pyridine rings is 1. The number of aryl methyl sites for hydroxylation is 1. The van der Waals surface area contributed by atoms with Crippen LogP contribution in [0.15, 0.2) is 12.1 Å². The number of hydrogen-bond acceptors (Lipinski definition) is 3. The van der Waals surface area contributed by atoms with E-state index in [1.165, 1.54) is 0 Å². The molecule has 0 atom stereocenters. The number of ether oxygens (including phenoxy) is 1. The third kappa shape index (κ3) is 3.88. The second-order valence-electron chi connectivity index (χ2n) is 3.63. The highest BCUT2D eigenvalue weighted by Gasteiger charge is 2.04. The predicted molar refractivity (Wildman–Crippen MR) is 62.1 cm³/mol. The Balaban J connectivity index is 2.67. The summed E-state index contributed by atoms with van der Waals surface area (Å²) in [6, 6.07) is 3.99. The quantitative estimate of drug-likeness (QED) is 0.728. The highest BCUT2D eigenvalue weighted by atomic mass is 16.5. The van der Waals surface area contributed by atoms with E-state index in [1.54, 1.807) is 0 Å². The molecule has 15 heavy (non-hydrogen) atoms. The van der Waals surface area contributed by atoms with Gasteiger partial charge in [-0.2, -0.15) is 0 Å². The van der Waals surface area contributed by atoms with Crippen LogP contribution in [0, 0.1) is 6.92 Å². The molecule has 1 aromatic heterocycles. The van der Waals surface area contributed by atoms with Crippen LogP contribution in [0.4, 0.5) is 0 Å². The van der Waals surface area contributed by atoms with Gasteiger partial charge in [-0.05, 0) is 32.5 Å². The van der Waals surface area contributed by atoms with E-state index in [2.05, 4.69) is 17.2 Å². The number of nitrogens with zero attached hydrogens (tertiary/aromatic N) is 1. The summed E-state index contributed by atoms with van der Waals surface area (Å²) in [5, 5.41) is 3.10. The summed E-state index contributed by atoms with van der Waals surface area (Å²) in [7, 11) is 1.92. The first-order valence-electron chi connectivity index (χ1n) is 5.51. The Bertz CT molecular complexity index is 300. The molecule has 0 aliphatic rings. The van der Waals surface area contributed by atoms with Crippen LogP contribution in [0.1, 0.15) is 31.2 Å². The largest absolute Gasteiger partial charge is 0.492 e. The van der Waals surface area contributed by atoms with Gasteiger partial charge in [0.2, 0.25) is 0 Å². The summed E-state index contributed by atoms with van der Waals surface area (Å²) < 4.78 is 5.68. The lowest BCUT2D eigenvalue weighted by atomic mass is 10.3. The van der Waals surface area contributed by atoms with Gasteiger partial charge in [-0.1, -0.05) is 13.3 Å². The van der Waals surface area contributed by atoms with Gasteiger partial charge < -0.3 is 10.1 Å². The molecule has 0 saturated heterocycles. The number of hydrogen-bond donors (Lipinski definition) is 1. The second-order valence-corrected chi connectivity index (χ2v) is 3.63. The molecule has 0 aliphatic carbocycles. The highest BCUT2D eigenvalue weighted by Crippen LogP contribution is 2.17. The van der Waals surface area contributed by atoms with Crippen LogP contribution < -0.4 is 10.1 Å². The van der Waals surface area contributed by atoms with Gasteiger partial charge in [0.15, 0.2) is 0 Å². The molecule has 1 N–H and O–H groups in total. The second kappa shape index (κ2) is 6.40. The lowest BCUT2D eigenvalue weighted by Crippen LogP contribution is -2.10. The Labute approximate surface area is 91.9 Å². The molecule has 1 aromatic rings. The van der Waals surface area contributed by atoms with E-state index in [-0.39, 0.29) is 0 Å². The van der Waals surface area contributed by atoms with Crippen molar-refractivity contribution < 1.29 is 4.74 Å². The monoisotopic (exact) mass is 208 g/mol. The molecule has 3 heteroatoms. The normalized spacial score (nSPS) is 10.3. The van der Waals surface area contributed by atoms with Gasteiger partial charge in [0.05, 0.1) is 12.3 Å². The van der Waals surface area contributed by atoms with Crippen molar-refractivity contribution in [3.8, 4) is 5.75 Å². The van der Waals surface area contributed by atoms with Gasteiger partial charge in [0, 0.05) is 12.2 Å². The SMILES string of the molecule is CCCCOc1ccc(C)nc1CNC. The van der Waals surface area contributed by atoms with E-state index in [0.717, 1.165) is 43.1 Å². The zero-order chi connectivity index (χ0) is 11.1. The minimum absolute atomic E-state index is 0.753. The maximum Gasteiger partial charge on any atom is 0.142 e. The average molecular weight is 208 g/mol. The molecule has 0 saturated carbocycles. The van der Waals surface area contributed by atoms with E-state index in [4.69, 9.17) is 4.74 Å². The smallest absolute Gasteiger partial charge is 0.142 e. The van der Waals surface area contributed by atoms with E-state index in [0.29, 0.717) is 0 Å². The van der Waals surface area contributed by atoms with E-state index in [1.807, 2.05) is 26.1 Å². The molecular formula is C12H20N2O. The van der Waals surface area contributed by atoms with E-state index >= 15 is 0 Å². The topological polar surface area (TPSA) is 34.1 Å². The van der Waals surface area contributed by atoms with Crippen LogP contribution in [-0.4, -0.2) is 18.6 Å². The third-order valence-corrected chi connectivity index (χ3v) is 2.17. The molecule has 0 amide bonds. The predicted octanol–water partition coefficient (Wildman–Crippen LogP) is 2.29. The zero-order valence-electron chi connectivity index (χ0n) is 9.84. The number of nitrogens with one attached hydrogen (secondary N) is 1. The van der Waals surface area contributed by atoms with Crippen LogP contribution in [-0.2, 0) is 6.54 Å². The first kappa shape index (κ1) is 12.0. The fraction of sp³-hybridized carbons (Fsp3) is 0.583. The van der Waals surface area contributed by atoms with Crippen molar-refractivity contribution in [3.63, 3.8) is 0 Å². The first-order valence-corrected chi connectivity index (χ1v) is 5.51. The van der Waals surface area contributed by atoms with Gasteiger partial charge in [0.25, 0.3) is 0 Å². The Morgan fingerprint density at radius 2 is 2.20 bits per heavy atom. The minimum atomic E-state index is 0.753. The summed E-state index contributed by atoms with van der Waals surface area (Å²) >= 11 is 0. The zero-order valence-corrected chi connectivity index (χ0v) is 9.84. The standard InChI is InChI=1S/C12H20N2O/c1-4-5-8-15-12-7-6-10(2)14-11(12)9-13-3/h6-7,13H,4-5,8-9H2,1-3H3. The molecule has 1 rings (SSSR count).